The number of hydrogen-bond donors (Lipinski definition) is 1. The van der Waals surface area contributed by atoms with E-state index in [1.165, 1.54) is 0 Å². The summed E-state index contributed by atoms with van der Waals surface area (Å²) in [7, 11) is 1.97. The fourth-order valence-corrected chi connectivity index (χ4v) is 4.88. The van der Waals surface area contributed by atoms with Gasteiger partial charge in [-0.1, -0.05) is 96.2 Å². The molecule has 1 saturated heterocycles. The Hall–Kier alpha value is -4.46. The maximum Gasteiger partial charge on any atom is 0.353 e. The SMILES string of the molecule is COC(=O)C(O)(C(=O)OC)[C@H]1O[C@H](COCc2ccccc2)[C@H](OCc2ccccc2)[C@H](OCc2ccccc2)/C1=N\OC(C)=O. The van der Waals surface area contributed by atoms with E-state index in [9.17, 15) is 19.5 Å². The highest BCUT2D eigenvalue weighted by molar-refractivity contribution is 6.11. The highest BCUT2D eigenvalue weighted by atomic mass is 16.7. The first-order chi connectivity index (χ1) is 22.3. The number of ether oxygens (including phenoxy) is 6. The zero-order valence-corrected chi connectivity index (χ0v) is 25.8. The van der Waals surface area contributed by atoms with E-state index in [1.54, 1.807) is 0 Å². The molecule has 12 nitrogen and oxygen atoms in total. The van der Waals surface area contributed by atoms with Crippen LogP contribution in [0, 0.1) is 0 Å². The Labute approximate surface area is 266 Å². The molecule has 0 bridgehead atoms. The van der Waals surface area contributed by atoms with E-state index in [1.807, 2.05) is 91.0 Å². The van der Waals surface area contributed by atoms with Crippen molar-refractivity contribution in [3.8, 4) is 0 Å². The van der Waals surface area contributed by atoms with Gasteiger partial charge < -0.3 is 38.4 Å². The Morgan fingerprint density at radius 3 is 1.72 bits per heavy atom. The Balaban J connectivity index is 1.79. The van der Waals surface area contributed by atoms with Crippen LogP contribution in [0.15, 0.2) is 96.2 Å². The first-order valence-corrected chi connectivity index (χ1v) is 14.5. The highest BCUT2D eigenvalue weighted by Gasteiger charge is 2.62. The molecule has 12 heteroatoms. The Morgan fingerprint density at radius 1 is 0.761 bits per heavy atom. The van der Waals surface area contributed by atoms with Gasteiger partial charge in [-0.3, -0.25) is 0 Å². The van der Waals surface area contributed by atoms with Crippen molar-refractivity contribution in [1.29, 1.82) is 0 Å². The smallest absolute Gasteiger partial charge is 0.353 e. The molecule has 3 aromatic rings. The largest absolute Gasteiger partial charge is 0.466 e. The van der Waals surface area contributed by atoms with Gasteiger partial charge in [-0.15, -0.1) is 0 Å². The van der Waals surface area contributed by atoms with Crippen molar-refractivity contribution < 1.29 is 52.7 Å². The molecule has 0 aromatic heterocycles. The van der Waals surface area contributed by atoms with Gasteiger partial charge in [-0.05, 0) is 16.7 Å². The van der Waals surface area contributed by atoms with Crippen LogP contribution in [0.3, 0.4) is 0 Å². The van der Waals surface area contributed by atoms with E-state index in [4.69, 9.17) is 33.3 Å². The van der Waals surface area contributed by atoms with Crippen molar-refractivity contribution in [3.63, 3.8) is 0 Å². The van der Waals surface area contributed by atoms with E-state index in [2.05, 4.69) is 5.16 Å². The predicted molar refractivity (Wildman–Crippen MR) is 163 cm³/mol. The van der Waals surface area contributed by atoms with E-state index in [0.717, 1.165) is 37.8 Å². The van der Waals surface area contributed by atoms with Crippen molar-refractivity contribution >= 4 is 23.6 Å². The van der Waals surface area contributed by atoms with Crippen molar-refractivity contribution in [2.45, 2.75) is 56.8 Å². The Kier molecular flexibility index (Phi) is 12.5. The van der Waals surface area contributed by atoms with Crippen LogP contribution in [0.1, 0.15) is 23.6 Å². The third-order valence-corrected chi connectivity index (χ3v) is 7.14. The third-order valence-electron chi connectivity index (χ3n) is 7.14. The molecule has 0 aliphatic carbocycles. The molecular weight excluding hydrogens is 598 g/mol. The Bertz CT molecular complexity index is 1430. The van der Waals surface area contributed by atoms with Gasteiger partial charge in [0.05, 0.1) is 40.6 Å². The quantitative estimate of drug-likeness (QED) is 0.121. The second kappa shape index (κ2) is 16.7. The number of esters is 2. The molecular formula is C34H37NO11. The summed E-state index contributed by atoms with van der Waals surface area (Å²) in [5.41, 5.74) is -0.923. The van der Waals surface area contributed by atoms with Crippen LogP contribution < -0.4 is 0 Å². The summed E-state index contributed by atoms with van der Waals surface area (Å²) >= 11 is 0. The van der Waals surface area contributed by atoms with Crippen LogP contribution in [-0.4, -0.2) is 79.6 Å². The molecule has 0 amide bonds. The minimum absolute atomic E-state index is 0.00891. The molecule has 1 aliphatic heterocycles. The molecule has 1 heterocycles. The number of rotatable bonds is 14. The van der Waals surface area contributed by atoms with Crippen LogP contribution in [0.5, 0.6) is 0 Å². The summed E-state index contributed by atoms with van der Waals surface area (Å²) in [6.07, 6.45) is -5.22. The van der Waals surface area contributed by atoms with Gasteiger partial charge in [-0.2, -0.15) is 0 Å². The topological polar surface area (TPSA) is 148 Å². The summed E-state index contributed by atoms with van der Waals surface area (Å²) in [6.45, 7) is 1.28. The lowest BCUT2D eigenvalue weighted by atomic mass is 9.85. The second-order valence-corrected chi connectivity index (χ2v) is 10.4. The average Bonchev–Trinajstić information content (AvgIpc) is 3.09. The first-order valence-electron chi connectivity index (χ1n) is 14.5. The molecule has 1 N–H and O–H groups in total. The molecule has 0 spiro atoms. The number of carbonyl (C=O) groups excluding carboxylic acids is 3. The summed E-state index contributed by atoms with van der Waals surface area (Å²) in [5, 5.41) is 15.6. The number of carbonyl (C=O) groups is 3. The van der Waals surface area contributed by atoms with Crippen LogP contribution in [-0.2, 0) is 67.5 Å². The summed E-state index contributed by atoms with van der Waals surface area (Å²) in [5.74, 6) is -3.61. The van der Waals surface area contributed by atoms with Crippen molar-refractivity contribution in [2.24, 2.45) is 5.16 Å². The summed E-state index contributed by atoms with van der Waals surface area (Å²) < 4.78 is 34.6. The average molecular weight is 636 g/mol. The molecule has 1 aliphatic rings. The van der Waals surface area contributed by atoms with Gasteiger partial charge in [0.1, 0.15) is 24.0 Å². The standard InChI is InChI=1S/C34H37NO11/c1-23(36)46-35-28-30(44-21-26-17-11-6-12-18-26)29(43-20-25-15-9-5-10-16-25)27(22-42-19-24-13-7-4-8-14-24)45-31(28)34(39,32(37)40-2)33(38)41-3/h4-18,27,29-31,39H,19-22H2,1-3H3/b35-28+/t27-,29+,30-,31+/m1/s1. The van der Waals surface area contributed by atoms with Crippen LogP contribution in [0.4, 0.5) is 0 Å². The van der Waals surface area contributed by atoms with Gasteiger partial charge in [0.25, 0.3) is 5.60 Å². The maximum absolute atomic E-state index is 13.1. The van der Waals surface area contributed by atoms with Crippen LogP contribution in [0.25, 0.3) is 0 Å². The van der Waals surface area contributed by atoms with E-state index < -0.39 is 47.9 Å². The number of hydrogen-bond acceptors (Lipinski definition) is 12. The lowest BCUT2D eigenvalue weighted by Gasteiger charge is -2.44. The minimum atomic E-state index is -3.08. The highest BCUT2D eigenvalue weighted by Crippen LogP contribution is 2.33. The van der Waals surface area contributed by atoms with Crippen molar-refractivity contribution in [1.82, 2.24) is 0 Å². The predicted octanol–water partition coefficient (Wildman–Crippen LogP) is 3.14. The normalized spacial score (nSPS) is 20.6. The van der Waals surface area contributed by atoms with Gasteiger partial charge in [0.15, 0.2) is 6.10 Å². The second-order valence-electron chi connectivity index (χ2n) is 10.4. The number of benzene rings is 3. The molecule has 4 rings (SSSR count). The molecule has 3 aromatic carbocycles. The van der Waals surface area contributed by atoms with Gasteiger partial charge in [0.2, 0.25) is 0 Å². The lowest BCUT2D eigenvalue weighted by Crippen LogP contribution is -2.69. The van der Waals surface area contributed by atoms with Crippen molar-refractivity contribution in [3.05, 3.63) is 108 Å². The zero-order chi connectivity index (χ0) is 32.9. The molecule has 0 saturated carbocycles. The molecule has 244 valence electrons. The molecule has 0 unspecified atom stereocenters. The molecule has 46 heavy (non-hydrogen) atoms. The molecule has 0 radical (unpaired) electrons. The zero-order valence-electron chi connectivity index (χ0n) is 25.8. The summed E-state index contributed by atoms with van der Waals surface area (Å²) in [6, 6.07) is 27.9. The lowest BCUT2D eigenvalue weighted by molar-refractivity contribution is -0.221. The summed E-state index contributed by atoms with van der Waals surface area (Å²) in [4.78, 5) is 43.1. The number of oxime groups is 1. The Morgan fingerprint density at radius 2 is 1.24 bits per heavy atom. The van der Waals surface area contributed by atoms with E-state index in [-0.39, 0.29) is 32.1 Å². The first kappa shape index (κ1) is 34.4. The van der Waals surface area contributed by atoms with Crippen molar-refractivity contribution in [2.75, 3.05) is 20.8 Å². The fraction of sp³-hybridized carbons (Fsp3) is 0.353. The maximum atomic E-state index is 13.1. The minimum Gasteiger partial charge on any atom is -0.466 e. The third kappa shape index (κ3) is 8.62. The number of methoxy groups -OCH3 is 2. The van der Waals surface area contributed by atoms with Gasteiger partial charge in [0, 0.05) is 6.92 Å². The van der Waals surface area contributed by atoms with Gasteiger partial charge >= 0.3 is 17.9 Å². The monoisotopic (exact) mass is 635 g/mol. The van der Waals surface area contributed by atoms with Gasteiger partial charge in [-0.25, -0.2) is 14.4 Å². The molecule has 1 fully saturated rings. The van der Waals surface area contributed by atoms with E-state index >= 15 is 0 Å². The van der Waals surface area contributed by atoms with E-state index in [0.29, 0.717) is 0 Å². The number of nitrogens with zero attached hydrogens (tertiary/aromatic N) is 1. The fourth-order valence-electron chi connectivity index (χ4n) is 4.88. The van der Waals surface area contributed by atoms with Crippen LogP contribution in [0.2, 0.25) is 0 Å². The molecule has 4 atom stereocenters. The number of aliphatic hydroxyl groups is 1. The van der Waals surface area contributed by atoms with Crippen LogP contribution >= 0.6 is 0 Å².